The van der Waals surface area contributed by atoms with Crippen molar-refractivity contribution in [3.05, 3.63) is 0 Å². The van der Waals surface area contributed by atoms with Crippen LogP contribution in [0.1, 0.15) is 59.8 Å². The first-order chi connectivity index (χ1) is 8.28. The van der Waals surface area contributed by atoms with E-state index in [0.717, 1.165) is 25.7 Å². The Balaban J connectivity index is 2.51. The standard InChI is InChI=1S/C14H25NO3/c1-10(16)9-11-7-5-6-8-12(11)15-13(17)18-14(2,3)4/h11-12H,5-9H2,1-4H3,(H,15,17)/t11-,12-/m1/s1. The fourth-order valence-electron chi connectivity index (χ4n) is 2.47. The molecule has 1 fully saturated rings. The molecule has 0 heterocycles. The highest BCUT2D eigenvalue weighted by Gasteiger charge is 2.28. The number of Topliss-reactive ketones (excluding diaryl/α,β-unsaturated/α-hetero) is 1. The summed E-state index contributed by atoms with van der Waals surface area (Å²) in [5.41, 5.74) is -0.477. The minimum Gasteiger partial charge on any atom is -0.444 e. The molecule has 1 N–H and O–H groups in total. The van der Waals surface area contributed by atoms with E-state index in [-0.39, 0.29) is 23.8 Å². The highest BCUT2D eigenvalue weighted by molar-refractivity contribution is 5.76. The molecule has 18 heavy (non-hydrogen) atoms. The van der Waals surface area contributed by atoms with Crippen molar-refractivity contribution >= 4 is 11.9 Å². The molecule has 1 amide bonds. The summed E-state index contributed by atoms with van der Waals surface area (Å²) in [5.74, 6) is 0.460. The zero-order chi connectivity index (χ0) is 13.8. The maximum absolute atomic E-state index is 11.7. The topological polar surface area (TPSA) is 55.4 Å². The van der Waals surface area contributed by atoms with Gasteiger partial charge in [0.2, 0.25) is 0 Å². The van der Waals surface area contributed by atoms with Gasteiger partial charge in [0.05, 0.1) is 0 Å². The van der Waals surface area contributed by atoms with Crippen molar-refractivity contribution in [2.45, 2.75) is 71.4 Å². The van der Waals surface area contributed by atoms with E-state index in [2.05, 4.69) is 5.32 Å². The summed E-state index contributed by atoms with van der Waals surface area (Å²) in [6.07, 6.45) is 4.39. The third-order valence-electron chi connectivity index (χ3n) is 3.16. The van der Waals surface area contributed by atoms with Gasteiger partial charge in [0.25, 0.3) is 0 Å². The van der Waals surface area contributed by atoms with Gasteiger partial charge in [0, 0.05) is 12.5 Å². The minimum absolute atomic E-state index is 0.0810. The number of carbonyl (C=O) groups excluding carboxylic acids is 2. The van der Waals surface area contributed by atoms with Crippen LogP contribution in [0.15, 0.2) is 0 Å². The van der Waals surface area contributed by atoms with Gasteiger partial charge in [-0.2, -0.15) is 0 Å². The van der Waals surface area contributed by atoms with E-state index in [0.29, 0.717) is 6.42 Å². The van der Waals surface area contributed by atoms with Crippen molar-refractivity contribution < 1.29 is 14.3 Å². The molecule has 2 atom stereocenters. The highest BCUT2D eigenvalue weighted by atomic mass is 16.6. The minimum atomic E-state index is -0.477. The monoisotopic (exact) mass is 255 g/mol. The lowest BCUT2D eigenvalue weighted by atomic mass is 9.81. The zero-order valence-corrected chi connectivity index (χ0v) is 11.9. The fraction of sp³-hybridized carbons (Fsp3) is 0.857. The summed E-state index contributed by atoms with van der Waals surface area (Å²) in [6, 6.07) is 0.0810. The Hall–Kier alpha value is -1.06. The molecule has 0 aromatic rings. The number of hydrogen-bond acceptors (Lipinski definition) is 3. The molecule has 4 nitrogen and oxygen atoms in total. The van der Waals surface area contributed by atoms with Crippen LogP contribution >= 0.6 is 0 Å². The van der Waals surface area contributed by atoms with Crippen molar-refractivity contribution in [2.75, 3.05) is 0 Å². The number of carbonyl (C=O) groups is 2. The first-order valence-electron chi connectivity index (χ1n) is 6.77. The molecule has 1 rings (SSSR count). The van der Waals surface area contributed by atoms with Gasteiger partial charge in [-0.3, -0.25) is 0 Å². The van der Waals surface area contributed by atoms with Crippen LogP contribution in [0.25, 0.3) is 0 Å². The summed E-state index contributed by atoms with van der Waals surface area (Å²) < 4.78 is 5.26. The molecule has 0 aliphatic heterocycles. The van der Waals surface area contributed by atoms with E-state index in [1.165, 1.54) is 0 Å². The number of rotatable bonds is 3. The number of amides is 1. The predicted octanol–water partition coefficient (Wildman–Crippen LogP) is 3.05. The summed E-state index contributed by atoms with van der Waals surface area (Å²) in [6.45, 7) is 7.15. The molecule has 0 unspecified atom stereocenters. The first-order valence-corrected chi connectivity index (χ1v) is 6.77. The van der Waals surface area contributed by atoms with Crippen LogP contribution in [0.3, 0.4) is 0 Å². The average Bonchev–Trinajstić information content (AvgIpc) is 2.17. The van der Waals surface area contributed by atoms with Gasteiger partial charge < -0.3 is 14.8 Å². The van der Waals surface area contributed by atoms with Crippen molar-refractivity contribution in [1.82, 2.24) is 5.32 Å². The lowest BCUT2D eigenvalue weighted by Gasteiger charge is -2.32. The molecule has 0 aromatic heterocycles. The zero-order valence-electron chi connectivity index (χ0n) is 11.9. The van der Waals surface area contributed by atoms with Crippen LogP contribution in [0.4, 0.5) is 4.79 Å². The normalized spacial score (nSPS) is 24.4. The predicted molar refractivity (Wildman–Crippen MR) is 70.4 cm³/mol. The fourth-order valence-corrected chi connectivity index (χ4v) is 2.47. The van der Waals surface area contributed by atoms with Crippen molar-refractivity contribution in [2.24, 2.45) is 5.92 Å². The average molecular weight is 255 g/mol. The number of ketones is 1. The molecule has 0 saturated heterocycles. The van der Waals surface area contributed by atoms with E-state index < -0.39 is 5.60 Å². The van der Waals surface area contributed by atoms with Gasteiger partial charge in [-0.05, 0) is 46.5 Å². The Morgan fingerprint density at radius 1 is 1.22 bits per heavy atom. The third kappa shape index (κ3) is 5.52. The van der Waals surface area contributed by atoms with Gasteiger partial charge >= 0.3 is 6.09 Å². The van der Waals surface area contributed by atoms with Gasteiger partial charge in [-0.15, -0.1) is 0 Å². The second-order valence-corrected chi connectivity index (χ2v) is 6.20. The largest absolute Gasteiger partial charge is 0.444 e. The van der Waals surface area contributed by atoms with Gasteiger partial charge in [0.1, 0.15) is 11.4 Å². The molecule has 0 bridgehead atoms. The quantitative estimate of drug-likeness (QED) is 0.843. The summed E-state index contributed by atoms with van der Waals surface area (Å²) in [4.78, 5) is 23.0. The van der Waals surface area contributed by atoms with E-state index >= 15 is 0 Å². The van der Waals surface area contributed by atoms with Crippen molar-refractivity contribution in [3.63, 3.8) is 0 Å². The second kappa shape index (κ2) is 6.21. The summed E-state index contributed by atoms with van der Waals surface area (Å²) in [7, 11) is 0. The second-order valence-electron chi connectivity index (χ2n) is 6.20. The van der Waals surface area contributed by atoms with Crippen LogP contribution < -0.4 is 5.32 Å². The Bertz CT molecular complexity index is 307. The van der Waals surface area contributed by atoms with Gasteiger partial charge in [-0.1, -0.05) is 12.8 Å². The molecule has 1 aliphatic rings. The maximum atomic E-state index is 11.7. The van der Waals surface area contributed by atoms with Crippen LogP contribution in [0.5, 0.6) is 0 Å². The number of nitrogens with one attached hydrogen (secondary N) is 1. The molecule has 1 saturated carbocycles. The molecule has 1 aliphatic carbocycles. The first kappa shape index (κ1) is 15.0. The molecule has 0 radical (unpaired) electrons. The highest BCUT2D eigenvalue weighted by Crippen LogP contribution is 2.27. The van der Waals surface area contributed by atoms with Crippen LogP contribution in [0, 0.1) is 5.92 Å². The number of hydrogen-bond donors (Lipinski definition) is 1. The van der Waals surface area contributed by atoms with Gasteiger partial charge in [0.15, 0.2) is 0 Å². The lowest BCUT2D eigenvalue weighted by Crippen LogP contribution is -2.44. The smallest absolute Gasteiger partial charge is 0.407 e. The Labute approximate surface area is 109 Å². The van der Waals surface area contributed by atoms with Crippen molar-refractivity contribution in [3.8, 4) is 0 Å². The maximum Gasteiger partial charge on any atom is 0.407 e. The lowest BCUT2D eigenvalue weighted by molar-refractivity contribution is -0.118. The molecular weight excluding hydrogens is 230 g/mol. The van der Waals surface area contributed by atoms with E-state index in [9.17, 15) is 9.59 Å². The Morgan fingerprint density at radius 2 is 1.83 bits per heavy atom. The SMILES string of the molecule is CC(=O)C[C@H]1CCCC[C@H]1NC(=O)OC(C)(C)C. The summed E-state index contributed by atoms with van der Waals surface area (Å²) in [5, 5.41) is 2.92. The van der Waals surface area contributed by atoms with Crippen molar-refractivity contribution in [1.29, 1.82) is 0 Å². The molecule has 4 heteroatoms. The van der Waals surface area contributed by atoms with E-state index in [1.807, 2.05) is 20.8 Å². The molecule has 0 aromatic carbocycles. The van der Waals surface area contributed by atoms with Gasteiger partial charge in [-0.25, -0.2) is 4.79 Å². The van der Waals surface area contributed by atoms with Crippen LogP contribution in [0.2, 0.25) is 0 Å². The van der Waals surface area contributed by atoms with Crippen LogP contribution in [-0.2, 0) is 9.53 Å². The van der Waals surface area contributed by atoms with E-state index in [4.69, 9.17) is 4.74 Å². The number of ether oxygens (including phenoxy) is 1. The Morgan fingerprint density at radius 3 is 2.39 bits per heavy atom. The third-order valence-corrected chi connectivity index (χ3v) is 3.16. The van der Waals surface area contributed by atoms with E-state index in [1.54, 1.807) is 6.92 Å². The number of alkyl carbamates (subject to hydrolysis) is 1. The van der Waals surface area contributed by atoms with Crippen LogP contribution in [-0.4, -0.2) is 23.5 Å². The Kier molecular flexibility index (Phi) is 5.17. The molecule has 0 spiro atoms. The molecule has 104 valence electrons. The molecular formula is C14H25NO3. The summed E-state index contributed by atoms with van der Waals surface area (Å²) >= 11 is 0.